The summed E-state index contributed by atoms with van der Waals surface area (Å²) < 4.78 is 201. The Balaban J connectivity index is 1.73. The lowest BCUT2D eigenvalue weighted by Crippen LogP contribution is -2.15. The second-order valence-electron chi connectivity index (χ2n) is 13.2. The van der Waals surface area contributed by atoms with Gasteiger partial charge in [-0.1, -0.05) is 12.1 Å². The second kappa shape index (κ2) is 20.3. The highest BCUT2D eigenvalue weighted by atomic mass is 32.3. The van der Waals surface area contributed by atoms with E-state index in [2.05, 4.69) is 39.1 Å². The molecule has 372 valence electrons. The topological polar surface area (TPSA) is 458 Å². The summed E-state index contributed by atoms with van der Waals surface area (Å²) in [5.41, 5.74) is -4.86. The van der Waals surface area contributed by atoms with Crippen molar-refractivity contribution in [1.82, 2.24) is 0 Å². The van der Waals surface area contributed by atoms with Crippen molar-refractivity contribution in [3.05, 3.63) is 66.7 Å². The molecule has 0 atom stereocenters. The van der Waals surface area contributed by atoms with Crippen LogP contribution in [0.4, 0.5) is 34.1 Å². The zero-order valence-electron chi connectivity index (χ0n) is 34.5. The Morgan fingerprint density at radius 3 is 1.25 bits per heavy atom. The Bertz CT molecular complexity index is 3510. The molecule has 5 rings (SSSR count). The Hall–Kier alpha value is -6.38. The lowest BCUT2D eigenvalue weighted by Gasteiger charge is -2.12. The molecule has 0 aliphatic rings. The van der Waals surface area contributed by atoms with E-state index in [1.165, 1.54) is 0 Å². The lowest BCUT2D eigenvalue weighted by atomic mass is 10.1. The van der Waals surface area contributed by atoms with E-state index in [0.717, 1.165) is 74.9 Å². The highest BCUT2D eigenvalue weighted by Gasteiger charge is 2.27. The van der Waals surface area contributed by atoms with Crippen LogP contribution in [0.1, 0.15) is 0 Å². The van der Waals surface area contributed by atoms with E-state index in [1.807, 2.05) is 0 Å². The highest BCUT2D eigenvalue weighted by molar-refractivity contribution is 7.91. The van der Waals surface area contributed by atoms with E-state index in [9.17, 15) is 74.9 Å². The minimum absolute atomic E-state index is 0.217. The van der Waals surface area contributed by atoms with Gasteiger partial charge in [0.1, 0.15) is 32.7 Å². The molecule has 0 aliphatic heterocycles. The van der Waals surface area contributed by atoms with Crippen LogP contribution in [0.3, 0.4) is 0 Å². The number of aromatic hydroxyl groups is 3. The van der Waals surface area contributed by atoms with Crippen molar-refractivity contribution >= 4 is 106 Å². The van der Waals surface area contributed by atoms with Gasteiger partial charge in [-0.3, -0.25) is 18.2 Å². The third kappa shape index (κ3) is 13.2. The third-order valence-electron chi connectivity index (χ3n) is 8.77. The van der Waals surface area contributed by atoms with Crippen LogP contribution in [0.25, 0.3) is 10.8 Å². The van der Waals surface area contributed by atoms with E-state index < -0.39 is 167 Å². The standard InChI is InChI=1S/C34H32N6O23S6/c1-60-25-8-6-19(64(44,45)12-10-62-68(54,55)56)16-23(25)36-39-30-32(41)29(38-35-18-14-22-21(28(15-18)67(51,52)53)4-3-5-27(22)66(48,49)50)33(42)31(34(30)43)40-37-24-17-20(7-9-26(24)61-2)65(46,47)13-11-63-69(57,58)59/h3-9,14-17,41-43H,10-13H2,1-2H3,(H,48,49,50)(H,51,52,53)(H,54,55,56)(H,57,58,59)/b38-35+,39-36+,40-37+. The molecule has 0 saturated carbocycles. The largest absolute Gasteiger partial charge is 0.504 e. The summed E-state index contributed by atoms with van der Waals surface area (Å²) in [6.45, 7) is -2.05. The smallest absolute Gasteiger partial charge is 0.397 e. The number of sulfone groups is 2. The van der Waals surface area contributed by atoms with Crippen LogP contribution in [0, 0.1) is 0 Å². The first-order valence-electron chi connectivity index (χ1n) is 18.0. The van der Waals surface area contributed by atoms with E-state index in [4.69, 9.17) is 18.6 Å². The van der Waals surface area contributed by atoms with Crippen molar-refractivity contribution in [2.45, 2.75) is 19.6 Å². The average Bonchev–Trinajstić information content (AvgIpc) is 3.23. The first-order valence-corrected chi connectivity index (χ1v) is 26.9. The number of ether oxygens (including phenoxy) is 2. The number of phenols is 3. The van der Waals surface area contributed by atoms with Crippen molar-refractivity contribution in [3.63, 3.8) is 0 Å². The fraction of sp³-hybridized carbons (Fsp3) is 0.176. The fourth-order valence-corrected chi connectivity index (χ4v) is 10.1. The van der Waals surface area contributed by atoms with Crippen molar-refractivity contribution in [3.8, 4) is 28.7 Å². The van der Waals surface area contributed by atoms with Gasteiger partial charge in [0, 0.05) is 10.8 Å². The molecule has 0 unspecified atom stereocenters. The number of phenolic OH excluding ortho intramolecular Hbond substituents is 3. The SMILES string of the molecule is COc1ccc(S(=O)(=O)CCOS(=O)(=O)O)cc1/N=N/c1c(O)c(/N=N/c2cc(S(=O)(=O)O)c3cccc(S(=O)(=O)O)c3c2)c(O)c(/N=N/c2cc(S(=O)(=O)CCOS(=O)(=O)O)ccc2OC)c1O. The number of hydrogen-bond donors (Lipinski definition) is 7. The van der Waals surface area contributed by atoms with Crippen LogP contribution < -0.4 is 9.47 Å². The van der Waals surface area contributed by atoms with Gasteiger partial charge in [-0.05, 0) is 54.6 Å². The van der Waals surface area contributed by atoms with E-state index >= 15 is 0 Å². The van der Waals surface area contributed by atoms with Gasteiger partial charge < -0.3 is 24.8 Å². The predicted octanol–water partition coefficient (Wildman–Crippen LogP) is 4.90. The van der Waals surface area contributed by atoms with Crippen molar-refractivity contribution in [2.75, 3.05) is 38.9 Å². The predicted molar refractivity (Wildman–Crippen MR) is 233 cm³/mol. The van der Waals surface area contributed by atoms with Gasteiger partial charge in [0.05, 0.1) is 54.4 Å². The van der Waals surface area contributed by atoms with Crippen LogP contribution in [-0.4, -0.2) is 123 Å². The number of methoxy groups -OCH3 is 2. The van der Waals surface area contributed by atoms with Crippen molar-refractivity contribution in [2.24, 2.45) is 30.7 Å². The van der Waals surface area contributed by atoms with Gasteiger partial charge in [0.25, 0.3) is 20.2 Å². The van der Waals surface area contributed by atoms with Gasteiger partial charge in [-0.15, -0.1) is 25.6 Å². The minimum atomic E-state index is -5.20. The first kappa shape index (κ1) is 53.6. The van der Waals surface area contributed by atoms with Gasteiger partial charge in [0.2, 0.25) is 0 Å². The molecule has 7 N–H and O–H groups in total. The molecule has 0 heterocycles. The Morgan fingerprint density at radius 2 is 0.870 bits per heavy atom. The Kier molecular flexibility index (Phi) is 15.8. The highest BCUT2D eigenvalue weighted by Crippen LogP contribution is 2.57. The molecule has 69 heavy (non-hydrogen) atoms. The third-order valence-corrected chi connectivity index (χ3v) is 14.9. The van der Waals surface area contributed by atoms with Gasteiger partial charge in [-0.25, -0.2) is 25.2 Å². The van der Waals surface area contributed by atoms with E-state index in [0.29, 0.717) is 6.07 Å². The van der Waals surface area contributed by atoms with E-state index in [1.54, 1.807) is 0 Å². The lowest BCUT2D eigenvalue weighted by molar-refractivity contribution is 0.282. The molecule has 0 spiro atoms. The maximum absolute atomic E-state index is 13.0. The summed E-state index contributed by atoms with van der Waals surface area (Å²) in [6, 6.07) is 10.3. The maximum atomic E-state index is 13.0. The van der Waals surface area contributed by atoms with Crippen LogP contribution in [0.15, 0.2) is 117 Å². The molecular weight excluding hydrogens is 1050 g/mol. The van der Waals surface area contributed by atoms with Crippen molar-refractivity contribution < 1.29 is 102 Å². The van der Waals surface area contributed by atoms with Crippen LogP contribution in [0.2, 0.25) is 0 Å². The normalized spacial score (nSPS) is 13.2. The van der Waals surface area contributed by atoms with Gasteiger partial charge in [-0.2, -0.15) is 38.8 Å². The van der Waals surface area contributed by atoms with E-state index in [-0.39, 0.29) is 11.5 Å². The molecule has 0 saturated heterocycles. The summed E-state index contributed by atoms with van der Waals surface area (Å²) in [5, 5.41) is 55.8. The summed E-state index contributed by atoms with van der Waals surface area (Å²) in [7, 11) is -26.9. The average molecular weight is 1090 g/mol. The number of rotatable bonds is 20. The number of fused-ring (bicyclic) bond motifs is 1. The summed E-state index contributed by atoms with van der Waals surface area (Å²) >= 11 is 0. The molecule has 0 fully saturated rings. The Labute approximate surface area is 390 Å². The molecule has 29 nitrogen and oxygen atoms in total. The Morgan fingerprint density at radius 1 is 0.464 bits per heavy atom. The maximum Gasteiger partial charge on any atom is 0.397 e. The summed E-state index contributed by atoms with van der Waals surface area (Å²) in [6.07, 6.45) is 0. The summed E-state index contributed by atoms with van der Waals surface area (Å²) in [5.74, 6) is -6.39. The molecule has 0 bridgehead atoms. The minimum Gasteiger partial charge on any atom is -0.504 e. The molecule has 0 aliphatic carbocycles. The molecule has 5 aromatic rings. The van der Waals surface area contributed by atoms with Crippen LogP contribution in [0.5, 0.6) is 28.7 Å². The number of benzene rings is 5. The number of azo groups is 3. The molecule has 0 radical (unpaired) electrons. The first-order chi connectivity index (χ1) is 31.9. The zero-order valence-corrected chi connectivity index (χ0v) is 39.4. The molecule has 0 amide bonds. The molecule has 0 aromatic heterocycles. The van der Waals surface area contributed by atoms with Gasteiger partial charge in [0.15, 0.2) is 54.0 Å². The molecule has 35 heteroatoms. The number of nitrogens with zero attached hydrogens (tertiary/aromatic N) is 6. The van der Waals surface area contributed by atoms with Crippen LogP contribution >= 0.6 is 0 Å². The number of hydrogen-bond acceptors (Lipinski definition) is 25. The quantitative estimate of drug-likeness (QED) is 0.0402. The second-order valence-corrected chi connectivity index (χ2v) is 22.4. The zero-order chi connectivity index (χ0) is 51.5. The van der Waals surface area contributed by atoms with Crippen LogP contribution in [-0.2, 0) is 69.1 Å². The van der Waals surface area contributed by atoms with Gasteiger partial charge >= 0.3 is 20.8 Å². The molecule has 5 aromatic carbocycles. The molecular formula is C34H32N6O23S6. The monoisotopic (exact) mass is 1080 g/mol. The van der Waals surface area contributed by atoms with Crippen molar-refractivity contribution in [1.29, 1.82) is 0 Å². The fourth-order valence-electron chi connectivity index (χ4n) is 5.69. The summed E-state index contributed by atoms with van der Waals surface area (Å²) in [4.78, 5) is -2.93.